The third kappa shape index (κ3) is 6.55. The average Bonchev–Trinajstić information content (AvgIpc) is 2.98. The molecule has 0 spiro atoms. The molecule has 0 radical (unpaired) electrons. The number of carboxylic acid groups (broad SMARTS) is 1. The number of carbonyl (C=O) groups excluding carboxylic acids is 3. The van der Waals surface area contributed by atoms with Crippen molar-refractivity contribution in [2.45, 2.75) is 56.7 Å². The van der Waals surface area contributed by atoms with E-state index in [1.165, 1.54) is 12.4 Å². The van der Waals surface area contributed by atoms with E-state index in [1.54, 1.807) is 47.5 Å². The quantitative estimate of drug-likeness (QED) is 0.331. The van der Waals surface area contributed by atoms with Crippen molar-refractivity contribution in [1.82, 2.24) is 20.2 Å². The van der Waals surface area contributed by atoms with Crippen LogP contribution in [-0.2, 0) is 27.2 Å². The standard InChI is InChI=1S/C30H29Cl2N5O5/c31-22-15-33-16-23(32)26(22)28(39)35-19-8-4-17(5-9-19)13-24(30(41)42)36-29(40)27-18-6-10-21(11-7-18)37(27)25(38)14-20-3-1-2-12-34-20/h1-5,8-9,12,15-16,18,21,24,27H,6-7,10-11,13-14H2,(H,35,39)(H,36,40)(H,41,42)/t18?,21?,24-,27-/m0/s1. The second-order valence-electron chi connectivity index (χ2n) is 10.5. The zero-order valence-corrected chi connectivity index (χ0v) is 24.0. The average molecular weight is 610 g/mol. The van der Waals surface area contributed by atoms with Gasteiger partial charge in [-0.2, -0.15) is 0 Å². The first-order valence-corrected chi connectivity index (χ1v) is 14.4. The number of rotatable bonds is 9. The molecule has 3 amide bonds. The molecule has 3 aliphatic rings. The van der Waals surface area contributed by atoms with Crippen LogP contribution in [0.25, 0.3) is 0 Å². The lowest BCUT2D eigenvalue weighted by Gasteiger charge is -2.50. The Kier molecular flexibility index (Phi) is 9.03. The number of fused-ring (bicyclic) bond motifs is 3. The number of nitrogens with zero attached hydrogens (tertiary/aromatic N) is 3. The number of aromatic nitrogens is 2. The molecule has 2 saturated heterocycles. The van der Waals surface area contributed by atoms with Crippen molar-refractivity contribution in [3.63, 3.8) is 0 Å². The Morgan fingerprint density at radius 1 is 0.976 bits per heavy atom. The van der Waals surface area contributed by atoms with Crippen molar-refractivity contribution in [3.8, 4) is 0 Å². The molecular formula is C30H29Cl2N5O5. The number of pyridine rings is 2. The normalized spacial score (nSPS) is 20.0. The first-order valence-electron chi connectivity index (χ1n) is 13.6. The molecule has 1 aliphatic carbocycles. The van der Waals surface area contributed by atoms with Crippen LogP contribution in [-0.4, -0.2) is 61.8 Å². The van der Waals surface area contributed by atoms with Crippen LogP contribution >= 0.6 is 23.2 Å². The van der Waals surface area contributed by atoms with Gasteiger partial charge in [0.05, 0.1) is 22.0 Å². The number of anilines is 1. The van der Waals surface area contributed by atoms with E-state index < -0.39 is 29.9 Å². The zero-order chi connectivity index (χ0) is 29.8. The number of amides is 3. The largest absolute Gasteiger partial charge is 0.480 e. The van der Waals surface area contributed by atoms with Crippen molar-refractivity contribution >= 4 is 52.6 Å². The summed E-state index contributed by atoms with van der Waals surface area (Å²) < 4.78 is 0. The number of piperidine rings is 2. The molecule has 2 bridgehead atoms. The van der Waals surface area contributed by atoms with Crippen LogP contribution in [0.4, 0.5) is 5.69 Å². The summed E-state index contributed by atoms with van der Waals surface area (Å²) in [4.78, 5) is 61.5. The summed E-state index contributed by atoms with van der Waals surface area (Å²) in [5, 5.41) is 15.6. The van der Waals surface area contributed by atoms with Crippen LogP contribution in [0.15, 0.2) is 61.1 Å². The van der Waals surface area contributed by atoms with Gasteiger partial charge >= 0.3 is 5.97 Å². The summed E-state index contributed by atoms with van der Waals surface area (Å²) in [6.07, 6.45) is 7.64. The number of aliphatic carboxylic acids is 1. The van der Waals surface area contributed by atoms with Crippen LogP contribution in [0, 0.1) is 5.92 Å². The van der Waals surface area contributed by atoms with Gasteiger partial charge in [-0.15, -0.1) is 0 Å². The molecule has 3 fully saturated rings. The molecule has 2 aromatic heterocycles. The van der Waals surface area contributed by atoms with Gasteiger partial charge in [-0.3, -0.25) is 24.4 Å². The smallest absolute Gasteiger partial charge is 0.326 e. The van der Waals surface area contributed by atoms with Crippen molar-refractivity contribution in [3.05, 3.63) is 87.9 Å². The molecule has 2 aliphatic heterocycles. The maximum atomic E-state index is 13.6. The molecule has 10 nitrogen and oxygen atoms in total. The fourth-order valence-electron chi connectivity index (χ4n) is 5.84. The fourth-order valence-corrected chi connectivity index (χ4v) is 6.37. The molecule has 1 aromatic carbocycles. The molecule has 0 unspecified atom stereocenters. The van der Waals surface area contributed by atoms with Crippen molar-refractivity contribution in [2.24, 2.45) is 5.92 Å². The number of halogens is 2. The van der Waals surface area contributed by atoms with Crippen molar-refractivity contribution in [2.75, 3.05) is 5.32 Å². The topological polar surface area (TPSA) is 142 Å². The molecule has 2 atom stereocenters. The Bertz CT molecular complexity index is 1460. The molecule has 6 rings (SSSR count). The van der Waals surface area contributed by atoms with Crippen LogP contribution in [0.5, 0.6) is 0 Å². The van der Waals surface area contributed by atoms with Gasteiger partial charge in [-0.25, -0.2) is 4.79 Å². The van der Waals surface area contributed by atoms with E-state index in [9.17, 15) is 24.3 Å². The maximum absolute atomic E-state index is 13.6. The second-order valence-corrected chi connectivity index (χ2v) is 11.4. The van der Waals surface area contributed by atoms with E-state index in [1.807, 2.05) is 6.07 Å². The predicted octanol–water partition coefficient (Wildman–Crippen LogP) is 4.16. The lowest BCUT2D eigenvalue weighted by Crippen LogP contribution is -2.64. The number of benzene rings is 1. The van der Waals surface area contributed by atoms with Gasteiger partial charge in [0, 0.05) is 42.4 Å². The number of nitrogens with one attached hydrogen (secondary N) is 2. The van der Waals surface area contributed by atoms with Crippen molar-refractivity contribution < 1.29 is 24.3 Å². The Labute approximate surface area is 252 Å². The molecule has 218 valence electrons. The first kappa shape index (κ1) is 29.5. The van der Waals surface area contributed by atoms with E-state index in [0.717, 1.165) is 25.7 Å². The maximum Gasteiger partial charge on any atom is 0.326 e. The van der Waals surface area contributed by atoms with Crippen LogP contribution in [0.3, 0.4) is 0 Å². The Morgan fingerprint density at radius 3 is 2.29 bits per heavy atom. The molecule has 4 heterocycles. The van der Waals surface area contributed by atoms with Gasteiger partial charge in [0.1, 0.15) is 12.1 Å². The van der Waals surface area contributed by atoms with Crippen LogP contribution in [0.2, 0.25) is 10.0 Å². The van der Waals surface area contributed by atoms with E-state index in [2.05, 4.69) is 20.6 Å². The summed E-state index contributed by atoms with van der Waals surface area (Å²) in [6, 6.07) is 9.95. The number of hydrogen-bond donors (Lipinski definition) is 3. The molecule has 42 heavy (non-hydrogen) atoms. The molecule has 3 N–H and O–H groups in total. The SMILES string of the molecule is O=C(Nc1ccc(C[C@H](NC(=O)[C@@H]2C3CCC(CC3)N2C(=O)Cc2ccccn2)C(=O)O)cc1)c1c(Cl)cncc1Cl. The predicted molar refractivity (Wildman–Crippen MR) is 156 cm³/mol. The van der Waals surface area contributed by atoms with Gasteiger partial charge in [0.15, 0.2) is 0 Å². The van der Waals surface area contributed by atoms with Gasteiger partial charge in [-0.1, -0.05) is 41.4 Å². The Hall–Kier alpha value is -4.02. The third-order valence-corrected chi connectivity index (χ3v) is 8.42. The van der Waals surface area contributed by atoms with E-state index in [-0.39, 0.29) is 46.3 Å². The summed E-state index contributed by atoms with van der Waals surface area (Å²) in [6.45, 7) is 0. The highest BCUT2D eigenvalue weighted by Crippen LogP contribution is 2.40. The minimum absolute atomic E-state index is 0.0139. The van der Waals surface area contributed by atoms with E-state index in [4.69, 9.17) is 23.2 Å². The van der Waals surface area contributed by atoms with E-state index >= 15 is 0 Å². The highest BCUT2D eigenvalue weighted by Gasteiger charge is 2.48. The third-order valence-electron chi connectivity index (χ3n) is 7.84. The van der Waals surface area contributed by atoms with Gasteiger partial charge in [0.25, 0.3) is 5.91 Å². The van der Waals surface area contributed by atoms with Gasteiger partial charge in [-0.05, 0) is 61.4 Å². The van der Waals surface area contributed by atoms with Crippen molar-refractivity contribution in [1.29, 1.82) is 0 Å². The summed E-state index contributed by atoms with van der Waals surface area (Å²) >= 11 is 12.1. The minimum Gasteiger partial charge on any atom is -0.480 e. The molecule has 1 saturated carbocycles. The first-order chi connectivity index (χ1) is 20.2. The Balaban J connectivity index is 1.25. The van der Waals surface area contributed by atoms with Gasteiger partial charge < -0.3 is 20.6 Å². The van der Waals surface area contributed by atoms with E-state index in [0.29, 0.717) is 16.9 Å². The van der Waals surface area contributed by atoms with Gasteiger partial charge in [0.2, 0.25) is 11.8 Å². The Morgan fingerprint density at radius 2 is 1.67 bits per heavy atom. The summed E-state index contributed by atoms with van der Waals surface area (Å²) in [7, 11) is 0. The monoisotopic (exact) mass is 609 g/mol. The number of hydrogen-bond acceptors (Lipinski definition) is 6. The molecule has 3 aromatic rings. The highest BCUT2D eigenvalue weighted by atomic mass is 35.5. The molecule has 12 heteroatoms. The van der Waals surface area contributed by atoms with Crippen LogP contribution in [0.1, 0.15) is 47.3 Å². The highest BCUT2D eigenvalue weighted by molar-refractivity contribution is 6.40. The number of carbonyl (C=O) groups is 4. The lowest BCUT2D eigenvalue weighted by molar-refractivity contribution is -0.154. The number of carboxylic acids is 1. The zero-order valence-electron chi connectivity index (χ0n) is 22.5. The fraction of sp³-hybridized carbons (Fsp3) is 0.333. The lowest BCUT2D eigenvalue weighted by atomic mass is 9.74. The van der Waals surface area contributed by atoms with Crippen LogP contribution < -0.4 is 10.6 Å². The second kappa shape index (κ2) is 12.9. The molecular weight excluding hydrogens is 581 g/mol. The summed E-state index contributed by atoms with van der Waals surface area (Å²) in [5.74, 6) is -2.36. The minimum atomic E-state index is -1.21. The summed E-state index contributed by atoms with van der Waals surface area (Å²) in [5.41, 5.74) is 1.80.